The lowest BCUT2D eigenvalue weighted by Gasteiger charge is -2.14. The number of rotatable bonds is 6. The van der Waals surface area contributed by atoms with Crippen molar-refractivity contribution in [2.45, 2.75) is 25.8 Å². The molecule has 6 nitrogen and oxygen atoms in total. The van der Waals surface area contributed by atoms with Gasteiger partial charge in [-0.2, -0.15) is 0 Å². The van der Waals surface area contributed by atoms with E-state index in [9.17, 15) is 14.7 Å². The van der Waals surface area contributed by atoms with Gasteiger partial charge in [-0.1, -0.05) is 36.4 Å². The Hall–Kier alpha value is -3.15. The number of carbonyl (C=O) groups excluding carboxylic acids is 1. The topological polar surface area (TPSA) is 83.7 Å². The Morgan fingerprint density at radius 3 is 2.64 bits per heavy atom. The first-order valence-corrected chi connectivity index (χ1v) is 8.02. The molecular formula is C19H19N3O3. The molecule has 2 aromatic heterocycles. The van der Waals surface area contributed by atoms with E-state index < -0.39 is 12.0 Å². The standard InChI is InChI=1S/C19H19N3O3/c1-13-6-5-9-22-12-15(20-18(13)22)11-17(23)21-16(19(24)25)10-14-7-3-2-4-8-14/h2-9,12,16H,10-11H2,1H3,(H,21,23)(H,24,25). The first-order valence-electron chi connectivity index (χ1n) is 8.02. The van der Waals surface area contributed by atoms with Crippen LogP contribution >= 0.6 is 0 Å². The van der Waals surface area contributed by atoms with Gasteiger partial charge in [-0.3, -0.25) is 4.79 Å². The van der Waals surface area contributed by atoms with Crippen molar-refractivity contribution in [2.75, 3.05) is 0 Å². The van der Waals surface area contributed by atoms with E-state index in [1.165, 1.54) is 0 Å². The molecule has 0 spiro atoms. The summed E-state index contributed by atoms with van der Waals surface area (Å²) in [6.07, 6.45) is 3.94. The summed E-state index contributed by atoms with van der Waals surface area (Å²) in [6.45, 7) is 1.95. The molecule has 0 fully saturated rings. The zero-order valence-corrected chi connectivity index (χ0v) is 13.8. The molecule has 1 amide bonds. The lowest BCUT2D eigenvalue weighted by atomic mass is 10.1. The van der Waals surface area contributed by atoms with Gasteiger partial charge in [0.2, 0.25) is 5.91 Å². The number of aromatic nitrogens is 2. The van der Waals surface area contributed by atoms with Crippen molar-refractivity contribution in [3.63, 3.8) is 0 Å². The average Bonchev–Trinajstić information content (AvgIpc) is 2.99. The quantitative estimate of drug-likeness (QED) is 0.720. The minimum atomic E-state index is -1.05. The molecule has 0 bridgehead atoms. The highest BCUT2D eigenvalue weighted by Crippen LogP contribution is 2.10. The predicted molar refractivity (Wildman–Crippen MR) is 93.3 cm³/mol. The fraction of sp³-hybridized carbons (Fsp3) is 0.211. The lowest BCUT2D eigenvalue weighted by molar-refractivity contribution is -0.141. The van der Waals surface area contributed by atoms with Crippen LogP contribution in [0.15, 0.2) is 54.9 Å². The van der Waals surface area contributed by atoms with Crippen molar-refractivity contribution in [2.24, 2.45) is 0 Å². The van der Waals surface area contributed by atoms with Gasteiger partial charge in [0.05, 0.1) is 12.1 Å². The van der Waals surface area contributed by atoms with E-state index in [0.29, 0.717) is 5.69 Å². The predicted octanol–water partition coefficient (Wildman–Crippen LogP) is 2.00. The summed E-state index contributed by atoms with van der Waals surface area (Å²) in [5.41, 5.74) is 3.28. The zero-order valence-electron chi connectivity index (χ0n) is 13.8. The van der Waals surface area contributed by atoms with Gasteiger partial charge >= 0.3 is 5.97 Å². The maximum atomic E-state index is 12.3. The van der Waals surface area contributed by atoms with E-state index in [0.717, 1.165) is 16.8 Å². The van der Waals surface area contributed by atoms with Crippen molar-refractivity contribution in [1.29, 1.82) is 0 Å². The Kier molecular flexibility index (Phi) is 4.79. The molecular weight excluding hydrogens is 318 g/mol. The van der Waals surface area contributed by atoms with Crippen LogP contribution in [0.2, 0.25) is 0 Å². The largest absolute Gasteiger partial charge is 0.480 e. The number of aryl methyl sites for hydroxylation is 1. The van der Waals surface area contributed by atoms with Crippen LogP contribution in [0.1, 0.15) is 16.8 Å². The van der Waals surface area contributed by atoms with Crippen LogP contribution in [0.25, 0.3) is 5.65 Å². The molecule has 128 valence electrons. The molecule has 0 saturated heterocycles. The first kappa shape index (κ1) is 16.7. The normalized spacial score (nSPS) is 12.0. The number of hydrogen-bond acceptors (Lipinski definition) is 3. The monoisotopic (exact) mass is 337 g/mol. The van der Waals surface area contributed by atoms with Crippen LogP contribution in [0.4, 0.5) is 0 Å². The molecule has 0 radical (unpaired) electrons. The number of imidazole rings is 1. The number of amides is 1. The summed E-state index contributed by atoms with van der Waals surface area (Å²) in [4.78, 5) is 28.1. The van der Waals surface area contributed by atoms with Crippen LogP contribution < -0.4 is 5.32 Å². The third-order valence-corrected chi connectivity index (χ3v) is 3.99. The Morgan fingerprint density at radius 2 is 1.96 bits per heavy atom. The molecule has 2 heterocycles. The fourth-order valence-corrected chi connectivity index (χ4v) is 2.75. The molecule has 1 unspecified atom stereocenters. The Bertz CT molecular complexity index is 903. The molecule has 0 saturated carbocycles. The van der Waals surface area contributed by atoms with Gasteiger partial charge < -0.3 is 14.8 Å². The Balaban J connectivity index is 1.68. The van der Waals surface area contributed by atoms with Crippen molar-refractivity contribution < 1.29 is 14.7 Å². The van der Waals surface area contributed by atoms with Crippen molar-refractivity contribution in [3.8, 4) is 0 Å². The van der Waals surface area contributed by atoms with Crippen molar-refractivity contribution in [3.05, 3.63) is 71.7 Å². The molecule has 1 atom stereocenters. The van der Waals surface area contributed by atoms with Crippen LogP contribution in [-0.2, 0) is 22.4 Å². The number of hydrogen-bond donors (Lipinski definition) is 2. The van der Waals surface area contributed by atoms with Gasteiger partial charge in [0, 0.05) is 18.8 Å². The number of aliphatic carboxylic acids is 1. The second-order valence-electron chi connectivity index (χ2n) is 5.98. The molecule has 0 aliphatic heterocycles. The number of pyridine rings is 1. The number of carboxylic acid groups (broad SMARTS) is 1. The highest BCUT2D eigenvalue weighted by Gasteiger charge is 2.21. The van der Waals surface area contributed by atoms with Gasteiger partial charge in [0.25, 0.3) is 0 Å². The lowest BCUT2D eigenvalue weighted by Crippen LogP contribution is -2.43. The van der Waals surface area contributed by atoms with Gasteiger partial charge in [-0.05, 0) is 24.1 Å². The summed E-state index contributed by atoms with van der Waals surface area (Å²) < 4.78 is 1.86. The maximum Gasteiger partial charge on any atom is 0.326 e. The van der Waals surface area contributed by atoms with Crippen LogP contribution in [-0.4, -0.2) is 32.4 Å². The summed E-state index contributed by atoms with van der Waals surface area (Å²) in [5.74, 6) is -1.41. The maximum absolute atomic E-state index is 12.3. The van der Waals surface area contributed by atoms with Gasteiger partial charge in [-0.15, -0.1) is 0 Å². The van der Waals surface area contributed by atoms with Crippen LogP contribution in [0, 0.1) is 6.92 Å². The van der Waals surface area contributed by atoms with Gasteiger partial charge in [-0.25, -0.2) is 9.78 Å². The SMILES string of the molecule is Cc1cccn2cc(CC(=O)NC(Cc3ccccc3)C(=O)O)nc12. The minimum absolute atomic E-state index is 0.0414. The first-order chi connectivity index (χ1) is 12.0. The molecule has 0 aliphatic carbocycles. The highest BCUT2D eigenvalue weighted by atomic mass is 16.4. The molecule has 25 heavy (non-hydrogen) atoms. The second kappa shape index (κ2) is 7.17. The summed E-state index contributed by atoms with van der Waals surface area (Å²) in [5, 5.41) is 12.0. The zero-order chi connectivity index (χ0) is 17.8. The van der Waals surface area contributed by atoms with E-state index in [1.54, 1.807) is 6.20 Å². The van der Waals surface area contributed by atoms with Crippen molar-refractivity contribution >= 4 is 17.5 Å². The molecule has 6 heteroatoms. The number of nitrogens with one attached hydrogen (secondary N) is 1. The third kappa shape index (κ3) is 4.03. The number of benzene rings is 1. The summed E-state index contributed by atoms with van der Waals surface area (Å²) in [6, 6.07) is 12.1. The van der Waals surface area contributed by atoms with E-state index in [-0.39, 0.29) is 18.7 Å². The minimum Gasteiger partial charge on any atom is -0.480 e. The molecule has 1 aromatic carbocycles. The molecule has 2 N–H and O–H groups in total. The average molecular weight is 337 g/mol. The molecule has 3 rings (SSSR count). The number of carbonyl (C=O) groups is 2. The van der Waals surface area contributed by atoms with Crippen molar-refractivity contribution in [1.82, 2.24) is 14.7 Å². The smallest absolute Gasteiger partial charge is 0.326 e. The van der Waals surface area contributed by atoms with E-state index in [4.69, 9.17) is 0 Å². The number of nitrogens with zero attached hydrogens (tertiary/aromatic N) is 2. The van der Waals surface area contributed by atoms with Gasteiger partial charge in [0.15, 0.2) is 0 Å². The Labute approximate surface area is 145 Å². The van der Waals surface area contributed by atoms with E-state index >= 15 is 0 Å². The van der Waals surface area contributed by atoms with E-state index in [1.807, 2.05) is 60.0 Å². The third-order valence-electron chi connectivity index (χ3n) is 3.99. The number of fused-ring (bicyclic) bond motifs is 1. The Morgan fingerprint density at radius 1 is 1.20 bits per heavy atom. The fourth-order valence-electron chi connectivity index (χ4n) is 2.75. The number of carboxylic acids is 1. The summed E-state index contributed by atoms with van der Waals surface area (Å²) in [7, 11) is 0. The molecule has 0 aliphatic rings. The van der Waals surface area contributed by atoms with Gasteiger partial charge in [0.1, 0.15) is 11.7 Å². The van der Waals surface area contributed by atoms with Crippen LogP contribution in [0.5, 0.6) is 0 Å². The second-order valence-corrected chi connectivity index (χ2v) is 5.98. The highest BCUT2D eigenvalue weighted by molar-refractivity contribution is 5.85. The summed E-state index contributed by atoms with van der Waals surface area (Å²) >= 11 is 0. The van der Waals surface area contributed by atoms with Crippen LogP contribution in [0.3, 0.4) is 0 Å². The molecule has 3 aromatic rings. The van der Waals surface area contributed by atoms with E-state index in [2.05, 4.69) is 10.3 Å².